The lowest BCUT2D eigenvalue weighted by Crippen LogP contribution is -2.29. The van der Waals surface area contributed by atoms with Crippen LogP contribution in [0.15, 0.2) is 60.8 Å². The van der Waals surface area contributed by atoms with Crippen LogP contribution in [0.25, 0.3) is 0 Å². The molecule has 0 saturated heterocycles. The van der Waals surface area contributed by atoms with Crippen LogP contribution < -0.4 is 0 Å². The first-order chi connectivity index (χ1) is 26.3. The van der Waals surface area contributed by atoms with Gasteiger partial charge in [-0.2, -0.15) is 0 Å². The maximum Gasteiger partial charge on any atom is 0.469 e. The molecule has 0 aromatic heterocycles. The molecule has 0 heterocycles. The van der Waals surface area contributed by atoms with Crippen molar-refractivity contribution in [2.24, 2.45) is 0 Å². The van der Waals surface area contributed by atoms with Gasteiger partial charge in [0.2, 0.25) is 0 Å². The molecule has 0 fully saturated rings. The third kappa shape index (κ3) is 42.5. The summed E-state index contributed by atoms with van der Waals surface area (Å²) in [5, 5.41) is 0. The molecule has 0 radical (unpaired) electrons. The second-order valence-electron chi connectivity index (χ2n) is 14.4. The molecule has 0 aliphatic heterocycles. The summed E-state index contributed by atoms with van der Waals surface area (Å²) < 4.78 is 26.4. The maximum absolute atomic E-state index is 12.4. The lowest BCUT2D eigenvalue weighted by Gasteiger charge is -2.18. The summed E-state index contributed by atoms with van der Waals surface area (Å²) >= 11 is 0. The standard InChI is InChI=1S/C45H79O8P/c1-3-5-7-9-11-13-15-17-19-20-21-22-23-24-26-27-29-31-33-35-37-39-44(46)51-41-43(42-52-54(48,49)50)53-45(47)40-38-36-34-32-30-28-25-18-16-14-12-10-8-6-4-2/h6,8,10,12,14,16-19,25,43H,3-5,7,9,11,13,15,20-24,26-42H2,1-2H3,(H2,48,49,50)/b8-6+,12-10+,16-14+,19-17+,25-18+/t43-/m1/s1. The molecule has 0 amide bonds. The predicted octanol–water partition coefficient (Wildman–Crippen LogP) is 13.3. The highest BCUT2D eigenvalue weighted by Crippen LogP contribution is 2.36. The molecule has 8 nitrogen and oxygen atoms in total. The van der Waals surface area contributed by atoms with Gasteiger partial charge in [0.05, 0.1) is 6.61 Å². The van der Waals surface area contributed by atoms with E-state index in [0.29, 0.717) is 6.42 Å². The Morgan fingerprint density at radius 1 is 0.500 bits per heavy atom. The number of phosphoric ester groups is 1. The minimum atomic E-state index is -4.76. The zero-order valence-corrected chi connectivity index (χ0v) is 35.2. The average molecular weight is 779 g/mol. The van der Waals surface area contributed by atoms with Crippen LogP contribution in [0, 0.1) is 0 Å². The van der Waals surface area contributed by atoms with Gasteiger partial charge in [0.1, 0.15) is 6.61 Å². The van der Waals surface area contributed by atoms with E-state index in [1.165, 1.54) is 103 Å². The molecular weight excluding hydrogens is 699 g/mol. The van der Waals surface area contributed by atoms with Crippen molar-refractivity contribution < 1.29 is 37.9 Å². The number of unbranched alkanes of at least 4 members (excludes halogenated alkanes) is 22. The van der Waals surface area contributed by atoms with Crippen LogP contribution in [0.4, 0.5) is 0 Å². The van der Waals surface area contributed by atoms with Gasteiger partial charge in [0.15, 0.2) is 6.10 Å². The number of phosphoric acid groups is 1. The summed E-state index contributed by atoms with van der Waals surface area (Å²) in [6, 6.07) is 0. The van der Waals surface area contributed by atoms with Crippen LogP contribution in [0.3, 0.4) is 0 Å². The summed E-state index contributed by atoms with van der Waals surface area (Å²) in [6.45, 7) is 3.53. The monoisotopic (exact) mass is 779 g/mol. The van der Waals surface area contributed by atoms with E-state index in [9.17, 15) is 14.2 Å². The normalized spacial score (nSPS) is 13.0. The fourth-order valence-corrected chi connectivity index (χ4v) is 6.27. The van der Waals surface area contributed by atoms with Gasteiger partial charge in [-0.25, -0.2) is 4.57 Å². The number of carbonyl (C=O) groups excluding carboxylic acids is 2. The molecule has 0 saturated carbocycles. The third-order valence-electron chi connectivity index (χ3n) is 9.11. The van der Waals surface area contributed by atoms with Crippen LogP contribution in [-0.4, -0.2) is 41.0 Å². The minimum absolute atomic E-state index is 0.184. The number of hydrogen-bond acceptors (Lipinski definition) is 6. The molecule has 9 heteroatoms. The van der Waals surface area contributed by atoms with Crippen LogP contribution in [0.5, 0.6) is 0 Å². The number of ether oxygens (including phenoxy) is 2. The van der Waals surface area contributed by atoms with Crippen LogP contribution >= 0.6 is 7.82 Å². The SMILES string of the molecule is CC/C=C/C=C/C=C/C=C/CCCCCCCC(=O)O[C@H](COC(=O)CCCCCCCCCCCCC/C=C/CCCCCCCC)COP(=O)(O)O. The molecule has 0 bridgehead atoms. The smallest absolute Gasteiger partial charge is 0.462 e. The van der Waals surface area contributed by atoms with E-state index in [0.717, 1.165) is 57.8 Å². The quantitative estimate of drug-likeness (QED) is 0.0208. The van der Waals surface area contributed by atoms with Crippen molar-refractivity contribution in [2.45, 2.75) is 200 Å². The predicted molar refractivity (Wildman–Crippen MR) is 225 cm³/mol. The molecule has 0 rings (SSSR count). The van der Waals surface area contributed by atoms with Gasteiger partial charge in [-0.3, -0.25) is 14.1 Å². The zero-order chi connectivity index (χ0) is 39.6. The Labute approximate surface area is 330 Å². The lowest BCUT2D eigenvalue weighted by molar-refractivity contribution is -0.161. The van der Waals surface area contributed by atoms with Crippen molar-refractivity contribution in [3.05, 3.63) is 60.8 Å². The summed E-state index contributed by atoms with van der Waals surface area (Å²) in [5.41, 5.74) is 0. The second-order valence-corrected chi connectivity index (χ2v) is 15.6. The summed E-state index contributed by atoms with van der Waals surface area (Å²) in [7, 11) is -4.76. The van der Waals surface area contributed by atoms with E-state index in [1.807, 2.05) is 30.4 Å². The van der Waals surface area contributed by atoms with Crippen molar-refractivity contribution in [1.82, 2.24) is 0 Å². The highest BCUT2D eigenvalue weighted by atomic mass is 31.2. The zero-order valence-electron chi connectivity index (χ0n) is 34.4. The number of allylic oxidation sites excluding steroid dienone is 10. The molecule has 0 spiro atoms. The van der Waals surface area contributed by atoms with Crippen molar-refractivity contribution in [3.8, 4) is 0 Å². The third-order valence-corrected chi connectivity index (χ3v) is 9.60. The molecule has 1 atom stereocenters. The first-order valence-corrected chi connectivity index (χ1v) is 23.2. The molecule has 54 heavy (non-hydrogen) atoms. The van der Waals surface area contributed by atoms with E-state index in [2.05, 4.69) is 48.8 Å². The molecule has 2 N–H and O–H groups in total. The molecule has 0 aliphatic rings. The summed E-state index contributed by atoms with van der Waals surface area (Å²) in [6.07, 6.45) is 50.9. The molecule has 0 aliphatic carbocycles. The first-order valence-electron chi connectivity index (χ1n) is 21.6. The summed E-state index contributed by atoms with van der Waals surface area (Å²) in [4.78, 5) is 42.9. The Bertz CT molecular complexity index is 1060. The number of hydrogen-bond donors (Lipinski definition) is 2. The molecular formula is C45H79O8P. The van der Waals surface area contributed by atoms with Gasteiger partial charge >= 0.3 is 19.8 Å². The molecule has 0 aromatic rings. The van der Waals surface area contributed by atoms with Crippen molar-refractivity contribution in [1.29, 1.82) is 0 Å². The molecule has 312 valence electrons. The highest BCUT2D eigenvalue weighted by molar-refractivity contribution is 7.46. The fraction of sp³-hybridized carbons (Fsp3) is 0.733. The van der Waals surface area contributed by atoms with Gasteiger partial charge in [0.25, 0.3) is 0 Å². The lowest BCUT2D eigenvalue weighted by atomic mass is 10.0. The first kappa shape index (κ1) is 51.8. The van der Waals surface area contributed by atoms with E-state index < -0.39 is 32.5 Å². The maximum atomic E-state index is 12.4. The van der Waals surface area contributed by atoms with Gasteiger partial charge in [0, 0.05) is 12.8 Å². The fourth-order valence-electron chi connectivity index (χ4n) is 5.91. The molecule has 0 aromatic carbocycles. The van der Waals surface area contributed by atoms with Crippen molar-refractivity contribution in [3.63, 3.8) is 0 Å². The Hall–Kier alpha value is -2.25. The average Bonchev–Trinajstić information content (AvgIpc) is 3.14. The van der Waals surface area contributed by atoms with Gasteiger partial charge in [-0.1, -0.05) is 184 Å². The second kappa shape index (κ2) is 40.4. The highest BCUT2D eigenvalue weighted by Gasteiger charge is 2.22. The largest absolute Gasteiger partial charge is 0.469 e. The van der Waals surface area contributed by atoms with E-state index in [4.69, 9.17) is 19.3 Å². The van der Waals surface area contributed by atoms with Crippen LogP contribution in [0.2, 0.25) is 0 Å². The van der Waals surface area contributed by atoms with E-state index >= 15 is 0 Å². The van der Waals surface area contributed by atoms with Crippen LogP contribution in [-0.2, 0) is 28.2 Å². The summed E-state index contributed by atoms with van der Waals surface area (Å²) in [5.74, 6) is -0.913. The number of carbonyl (C=O) groups is 2. The number of rotatable bonds is 39. The number of esters is 2. The van der Waals surface area contributed by atoms with Gasteiger partial charge in [-0.05, 0) is 57.8 Å². The van der Waals surface area contributed by atoms with Gasteiger partial charge < -0.3 is 19.3 Å². The Balaban J connectivity index is 3.90. The molecule has 0 unspecified atom stereocenters. The van der Waals surface area contributed by atoms with Gasteiger partial charge in [-0.15, -0.1) is 0 Å². The Kier molecular flexibility index (Phi) is 38.7. The Morgan fingerprint density at radius 3 is 1.39 bits per heavy atom. The Morgan fingerprint density at radius 2 is 0.907 bits per heavy atom. The topological polar surface area (TPSA) is 119 Å². The van der Waals surface area contributed by atoms with Crippen molar-refractivity contribution in [2.75, 3.05) is 13.2 Å². The van der Waals surface area contributed by atoms with Crippen LogP contribution in [0.1, 0.15) is 194 Å². The minimum Gasteiger partial charge on any atom is -0.462 e. The van der Waals surface area contributed by atoms with Crippen molar-refractivity contribution >= 4 is 19.8 Å². The van der Waals surface area contributed by atoms with E-state index in [-0.39, 0.29) is 19.4 Å². The van der Waals surface area contributed by atoms with E-state index in [1.54, 1.807) is 0 Å².